The Balaban J connectivity index is 1.65. The smallest absolute Gasteiger partial charge is 0.255 e. The molecule has 0 spiro atoms. The van der Waals surface area contributed by atoms with Crippen LogP contribution < -0.4 is 11.3 Å². The molecule has 0 amide bonds. The number of unbranched alkanes of at least 4 members (excludes halogenated alkanes) is 1. The molecule has 0 fully saturated rings. The van der Waals surface area contributed by atoms with Gasteiger partial charge in [-0.05, 0) is 40.8 Å². The third-order valence-electron chi connectivity index (χ3n) is 5.47. The zero-order valence-electron chi connectivity index (χ0n) is 17.6. The molecule has 4 rings (SSSR count). The van der Waals surface area contributed by atoms with Gasteiger partial charge in [-0.1, -0.05) is 67.9 Å². The number of tetrazole rings is 1. The number of hydrogen-bond donors (Lipinski definition) is 2. The molecule has 0 aliphatic heterocycles. The summed E-state index contributed by atoms with van der Waals surface area (Å²) in [5.41, 5.74) is 11.5. The van der Waals surface area contributed by atoms with Gasteiger partial charge in [0.2, 0.25) is 5.82 Å². The highest BCUT2D eigenvalue weighted by Gasteiger charge is 2.12. The zero-order chi connectivity index (χ0) is 21.6. The van der Waals surface area contributed by atoms with E-state index in [2.05, 4.69) is 51.8 Å². The van der Waals surface area contributed by atoms with E-state index < -0.39 is 0 Å². The molecule has 7 nitrogen and oxygen atoms in total. The van der Waals surface area contributed by atoms with Crippen molar-refractivity contribution in [2.75, 3.05) is 0 Å². The third-order valence-corrected chi connectivity index (χ3v) is 5.47. The van der Waals surface area contributed by atoms with Gasteiger partial charge in [0.05, 0.1) is 6.54 Å². The minimum absolute atomic E-state index is 0.00244. The summed E-state index contributed by atoms with van der Waals surface area (Å²) in [5, 5.41) is 14.4. The van der Waals surface area contributed by atoms with Gasteiger partial charge in [-0.2, -0.15) is 5.21 Å². The van der Waals surface area contributed by atoms with Gasteiger partial charge in [-0.15, -0.1) is 10.2 Å². The van der Waals surface area contributed by atoms with Crippen LogP contribution in [0.1, 0.15) is 36.6 Å². The number of aromatic amines is 1. The molecular formula is C24H26N6O. The van der Waals surface area contributed by atoms with E-state index in [0.717, 1.165) is 47.2 Å². The Morgan fingerprint density at radius 3 is 2.45 bits per heavy atom. The van der Waals surface area contributed by atoms with Crippen molar-refractivity contribution in [3.8, 4) is 22.5 Å². The molecule has 0 radical (unpaired) electrons. The number of nitrogens with zero attached hydrogens (tertiary/aromatic N) is 4. The summed E-state index contributed by atoms with van der Waals surface area (Å²) < 4.78 is 1.86. The SMILES string of the molecule is CCCCc1ccc(CN)c(=O)n1Cc1ccc(-c2ccccc2-c2nn[nH]n2)cc1. The average molecular weight is 415 g/mol. The first kappa shape index (κ1) is 20.7. The molecule has 0 aliphatic carbocycles. The number of nitrogens with one attached hydrogen (secondary N) is 1. The van der Waals surface area contributed by atoms with Gasteiger partial charge in [0.15, 0.2) is 0 Å². The van der Waals surface area contributed by atoms with E-state index in [1.165, 1.54) is 0 Å². The zero-order valence-corrected chi connectivity index (χ0v) is 17.6. The summed E-state index contributed by atoms with van der Waals surface area (Å²) in [6.07, 6.45) is 3.02. The van der Waals surface area contributed by atoms with Crippen LogP contribution in [0.3, 0.4) is 0 Å². The van der Waals surface area contributed by atoms with E-state index in [1.54, 1.807) is 0 Å². The van der Waals surface area contributed by atoms with E-state index in [-0.39, 0.29) is 12.1 Å². The Bertz CT molecular complexity index is 1200. The van der Waals surface area contributed by atoms with Crippen molar-refractivity contribution in [3.63, 3.8) is 0 Å². The summed E-state index contributed by atoms with van der Waals surface area (Å²) in [4.78, 5) is 12.9. The molecule has 0 unspecified atom stereocenters. The average Bonchev–Trinajstić information content (AvgIpc) is 3.35. The lowest BCUT2D eigenvalue weighted by Gasteiger charge is -2.15. The van der Waals surface area contributed by atoms with Crippen molar-refractivity contribution in [1.82, 2.24) is 25.2 Å². The van der Waals surface area contributed by atoms with Crippen LogP contribution >= 0.6 is 0 Å². The lowest BCUT2D eigenvalue weighted by molar-refractivity contribution is 0.659. The second-order valence-corrected chi connectivity index (χ2v) is 7.53. The number of aryl methyl sites for hydroxylation is 1. The summed E-state index contributed by atoms with van der Waals surface area (Å²) in [7, 11) is 0. The Morgan fingerprint density at radius 1 is 1.00 bits per heavy atom. The number of hydrogen-bond acceptors (Lipinski definition) is 5. The van der Waals surface area contributed by atoms with Crippen molar-refractivity contribution in [1.29, 1.82) is 0 Å². The van der Waals surface area contributed by atoms with Crippen LogP contribution in [-0.2, 0) is 19.5 Å². The molecule has 0 bridgehead atoms. The van der Waals surface area contributed by atoms with Gasteiger partial charge in [0, 0.05) is 23.4 Å². The highest BCUT2D eigenvalue weighted by Crippen LogP contribution is 2.29. The van der Waals surface area contributed by atoms with Crippen LogP contribution in [0, 0.1) is 0 Å². The first-order valence-corrected chi connectivity index (χ1v) is 10.5. The first-order valence-electron chi connectivity index (χ1n) is 10.5. The van der Waals surface area contributed by atoms with E-state index in [0.29, 0.717) is 17.9 Å². The van der Waals surface area contributed by atoms with Gasteiger partial charge in [-0.3, -0.25) is 4.79 Å². The topological polar surface area (TPSA) is 102 Å². The number of pyridine rings is 1. The Hall–Kier alpha value is -3.58. The maximum atomic E-state index is 12.9. The van der Waals surface area contributed by atoms with Crippen molar-refractivity contribution < 1.29 is 0 Å². The maximum Gasteiger partial charge on any atom is 0.255 e. The normalized spacial score (nSPS) is 11.0. The van der Waals surface area contributed by atoms with Crippen LogP contribution in [-0.4, -0.2) is 25.2 Å². The largest absolute Gasteiger partial charge is 0.326 e. The molecule has 2 aromatic carbocycles. The molecule has 0 saturated heterocycles. The number of benzene rings is 2. The summed E-state index contributed by atoms with van der Waals surface area (Å²) >= 11 is 0. The Labute approximate surface area is 180 Å². The highest BCUT2D eigenvalue weighted by molar-refractivity contribution is 5.80. The van der Waals surface area contributed by atoms with E-state index in [9.17, 15) is 4.79 Å². The van der Waals surface area contributed by atoms with Gasteiger partial charge in [0.25, 0.3) is 5.56 Å². The minimum atomic E-state index is 0.00244. The number of aromatic nitrogens is 5. The number of rotatable bonds is 8. The standard InChI is InChI=1S/C24H26N6O/c1-2-3-6-20-14-13-19(15-25)24(31)30(20)16-17-9-11-18(12-10-17)21-7-4-5-8-22(21)23-26-28-29-27-23/h4-5,7-14H,2-3,6,15-16,25H2,1H3,(H,26,27,28,29). The summed E-state index contributed by atoms with van der Waals surface area (Å²) in [6.45, 7) is 2.93. The van der Waals surface area contributed by atoms with Gasteiger partial charge in [-0.25, -0.2) is 0 Å². The quantitative estimate of drug-likeness (QED) is 0.459. The third kappa shape index (κ3) is 4.46. The molecule has 0 atom stereocenters. The second kappa shape index (κ2) is 9.49. The van der Waals surface area contributed by atoms with Crippen molar-refractivity contribution in [3.05, 3.63) is 87.8 Å². The molecule has 3 N–H and O–H groups in total. The fourth-order valence-electron chi connectivity index (χ4n) is 3.74. The fourth-order valence-corrected chi connectivity index (χ4v) is 3.74. The van der Waals surface area contributed by atoms with Crippen LogP contribution in [0.5, 0.6) is 0 Å². The van der Waals surface area contributed by atoms with Crippen molar-refractivity contribution in [2.24, 2.45) is 5.73 Å². The lowest BCUT2D eigenvalue weighted by atomic mass is 9.98. The summed E-state index contributed by atoms with van der Waals surface area (Å²) in [5.74, 6) is 0.561. The molecule has 0 saturated carbocycles. The van der Waals surface area contributed by atoms with E-state index in [4.69, 9.17) is 5.73 Å². The molecule has 4 aromatic rings. The van der Waals surface area contributed by atoms with Crippen LogP contribution in [0.4, 0.5) is 0 Å². The molecule has 7 heteroatoms. The number of H-pyrrole nitrogens is 1. The van der Waals surface area contributed by atoms with Gasteiger partial charge < -0.3 is 10.3 Å². The predicted molar refractivity (Wildman–Crippen MR) is 121 cm³/mol. The van der Waals surface area contributed by atoms with Crippen LogP contribution in [0.2, 0.25) is 0 Å². The monoisotopic (exact) mass is 414 g/mol. The van der Waals surface area contributed by atoms with Gasteiger partial charge >= 0.3 is 0 Å². The molecular weight excluding hydrogens is 388 g/mol. The molecule has 0 aliphatic rings. The van der Waals surface area contributed by atoms with E-state index >= 15 is 0 Å². The number of nitrogens with two attached hydrogens (primary N) is 1. The Morgan fingerprint density at radius 2 is 1.77 bits per heavy atom. The lowest BCUT2D eigenvalue weighted by Crippen LogP contribution is -2.28. The summed E-state index contributed by atoms with van der Waals surface area (Å²) in [6, 6.07) is 20.1. The molecule has 2 aromatic heterocycles. The molecule has 2 heterocycles. The predicted octanol–water partition coefficient (Wildman–Crippen LogP) is 3.55. The second-order valence-electron chi connectivity index (χ2n) is 7.53. The maximum absolute atomic E-state index is 12.9. The van der Waals surface area contributed by atoms with Crippen molar-refractivity contribution >= 4 is 0 Å². The van der Waals surface area contributed by atoms with Gasteiger partial charge in [0.1, 0.15) is 0 Å². The van der Waals surface area contributed by atoms with Crippen LogP contribution in [0.25, 0.3) is 22.5 Å². The van der Waals surface area contributed by atoms with Crippen molar-refractivity contribution in [2.45, 2.75) is 39.3 Å². The Kier molecular flexibility index (Phi) is 6.33. The molecule has 158 valence electrons. The first-order chi connectivity index (χ1) is 15.2. The minimum Gasteiger partial charge on any atom is -0.326 e. The van der Waals surface area contributed by atoms with Crippen LogP contribution in [0.15, 0.2) is 65.5 Å². The highest BCUT2D eigenvalue weighted by atomic mass is 16.1. The molecule has 31 heavy (non-hydrogen) atoms. The fraction of sp³-hybridized carbons (Fsp3) is 0.250. The van der Waals surface area contributed by atoms with E-state index in [1.807, 2.05) is 41.0 Å².